The van der Waals surface area contributed by atoms with Crippen molar-refractivity contribution < 1.29 is 9.21 Å². The third kappa shape index (κ3) is 2.36. The Kier molecular flexibility index (Phi) is 3.15. The van der Waals surface area contributed by atoms with Crippen molar-refractivity contribution in [2.75, 3.05) is 0 Å². The summed E-state index contributed by atoms with van der Waals surface area (Å²) in [5, 5.41) is 3.20. The minimum Gasteiger partial charge on any atom is -0.459 e. The molecule has 0 aliphatic rings. The van der Waals surface area contributed by atoms with Crippen LogP contribution in [0.3, 0.4) is 0 Å². The lowest BCUT2D eigenvalue weighted by atomic mass is 10.2. The van der Waals surface area contributed by atoms with Crippen molar-refractivity contribution in [3.8, 4) is 0 Å². The van der Waals surface area contributed by atoms with Gasteiger partial charge >= 0.3 is 0 Å². The minimum atomic E-state index is -0.524. The van der Waals surface area contributed by atoms with Crippen LogP contribution in [0.15, 0.2) is 34.7 Å². The number of halogens is 1. The lowest BCUT2D eigenvalue weighted by Crippen LogP contribution is -2.28. The Balaban J connectivity index is 2.07. The predicted molar refractivity (Wildman–Crippen MR) is 63.4 cm³/mol. The Morgan fingerprint density at radius 1 is 1.50 bits per heavy atom. The molecule has 0 spiro atoms. The van der Waals surface area contributed by atoms with E-state index in [1.54, 1.807) is 6.92 Å². The Hall–Kier alpha value is -1.48. The van der Waals surface area contributed by atoms with Gasteiger partial charge in [0.1, 0.15) is 16.7 Å². The standard InChI is InChI=1S/C12H12ClNO2/c1-8(13)12(15)14-7-10-6-9-4-2-3-5-11(9)16-10/h2-6,8H,7H2,1H3,(H,14,15). The van der Waals surface area contributed by atoms with Crippen LogP contribution < -0.4 is 5.32 Å². The topological polar surface area (TPSA) is 42.2 Å². The zero-order chi connectivity index (χ0) is 11.5. The van der Waals surface area contributed by atoms with E-state index in [9.17, 15) is 4.79 Å². The summed E-state index contributed by atoms with van der Waals surface area (Å²) in [6.45, 7) is 2.00. The van der Waals surface area contributed by atoms with Gasteiger partial charge < -0.3 is 9.73 Å². The van der Waals surface area contributed by atoms with Crippen molar-refractivity contribution >= 4 is 28.5 Å². The van der Waals surface area contributed by atoms with Crippen molar-refractivity contribution in [3.05, 3.63) is 36.1 Å². The summed E-state index contributed by atoms with van der Waals surface area (Å²) in [6, 6.07) is 9.63. The van der Waals surface area contributed by atoms with Gasteiger partial charge in [-0.3, -0.25) is 4.79 Å². The van der Waals surface area contributed by atoms with E-state index in [0.29, 0.717) is 6.54 Å². The van der Waals surface area contributed by atoms with Gasteiger partial charge in [-0.15, -0.1) is 11.6 Å². The average Bonchev–Trinajstić information content (AvgIpc) is 2.68. The van der Waals surface area contributed by atoms with E-state index in [4.69, 9.17) is 16.0 Å². The van der Waals surface area contributed by atoms with Crippen molar-refractivity contribution in [1.29, 1.82) is 0 Å². The summed E-state index contributed by atoms with van der Waals surface area (Å²) in [5.74, 6) is 0.536. The Bertz CT molecular complexity index is 471. The molecule has 0 fully saturated rings. The molecule has 1 aromatic carbocycles. The largest absolute Gasteiger partial charge is 0.459 e. The maximum absolute atomic E-state index is 11.2. The third-order valence-electron chi connectivity index (χ3n) is 2.27. The molecule has 3 nitrogen and oxygen atoms in total. The number of hydrogen-bond donors (Lipinski definition) is 1. The van der Waals surface area contributed by atoms with Crippen molar-refractivity contribution in [2.24, 2.45) is 0 Å². The van der Waals surface area contributed by atoms with Gasteiger partial charge in [0.15, 0.2) is 0 Å². The second-order valence-corrected chi connectivity index (χ2v) is 4.24. The van der Waals surface area contributed by atoms with Crippen LogP contribution in [0.2, 0.25) is 0 Å². The van der Waals surface area contributed by atoms with E-state index < -0.39 is 5.38 Å². The summed E-state index contributed by atoms with van der Waals surface area (Å²) in [5.41, 5.74) is 0.825. The van der Waals surface area contributed by atoms with Crippen LogP contribution in [0, 0.1) is 0 Å². The SMILES string of the molecule is CC(Cl)C(=O)NCc1cc2ccccc2o1. The maximum atomic E-state index is 11.2. The molecule has 1 amide bonds. The van der Waals surface area contributed by atoms with E-state index in [1.807, 2.05) is 30.3 Å². The Labute approximate surface area is 98.4 Å². The number of amides is 1. The number of alkyl halides is 1. The lowest BCUT2D eigenvalue weighted by molar-refractivity contribution is -0.120. The summed E-state index contributed by atoms with van der Waals surface area (Å²) in [4.78, 5) is 11.2. The number of rotatable bonds is 3. The summed E-state index contributed by atoms with van der Waals surface area (Å²) in [6.07, 6.45) is 0. The molecule has 4 heteroatoms. The van der Waals surface area contributed by atoms with Crippen molar-refractivity contribution in [3.63, 3.8) is 0 Å². The number of furan rings is 1. The quantitative estimate of drug-likeness (QED) is 0.834. The first kappa shape index (κ1) is 11.0. The van der Waals surface area contributed by atoms with Crippen molar-refractivity contribution in [2.45, 2.75) is 18.8 Å². The fourth-order valence-corrected chi connectivity index (χ4v) is 1.52. The molecule has 1 unspecified atom stereocenters. The molecule has 84 valence electrons. The van der Waals surface area contributed by atoms with Crippen LogP contribution in [0.1, 0.15) is 12.7 Å². The fourth-order valence-electron chi connectivity index (χ4n) is 1.44. The minimum absolute atomic E-state index is 0.192. The van der Waals surface area contributed by atoms with Gasteiger partial charge in [0.05, 0.1) is 6.54 Å². The Morgan fingerprint density at radius 2 is 2.25 bits per heavy atom. The zero-order valence-corrected chi connectivity index (χ0v) is 9.62. The highest BCUT2D eigenvalue weighted by Crippen LogP contribution is 2.18. The lowest BCUT2D eigenvalue weighted by Gasteiger charge is -2.03. The summed E-state index contributed by atoms with van der Waals surface area (Å²) in [7, 11) is 0. The van der Waals surface area contributed by atoms with Crippen molar-refractivity contribution in [1.82, 2.24) is 5.32 Å². The summed E-state index contributed by atoms with van der Waals surface area (Å²) < 4.78 is 5.54. The van der Waals surface area contributed by atoms with Crippen LogP contribution >= 0.6 is 11.6 Å². The first-order valence-electron chi connectivity index (χ1n) is 5.06. The van der Waals surface area contributed by atoms with Crippen LogP contribution in [-0.4, -0.2) is 11.3 Å². The molecule has 1 aromatic heterocycles. The number of carbonyl (C=O) groups excluding carboxylic acids is 1. The molecule has 0 radical (unpaired) electrons. The van der Waals surface area contributed by atoms with E-state index >= 15 is 0 Å². The number of hydrogen-bond acceptors (Lipinski definition) is 2. The average molecular weight is 238 g/mol. The maximum Gasteiger partial charge on any atom is 0.238 e. The number of para-hydroxylation sites is 1. The van der Waals surface area contributed by atoms with Gasteiger partial charge in [0.2, 0.25) is 5.91 Å². The molecular weight excluding hydrogens is 226 g/mol. The normalized spacial score (nSPS) is 12.6. The zero-order valence-electron chi connectivity index (χ0n) is 8.87. The molecule has 0 aliphatic carbocycles. The highest BCUT2D eigenvalue weighted by molar-refractivity contribution is 6.30. The smallest absolute Gasteiger partial charge is 0.238 e. The number of nitrogens with one attached hydrogen (secondary N) is 1. The van der Waals surface area contributed by atoms with Gasteiger partial charge in [-0.2, -0.15) is 0 Å². The van der Waals surface area contributed by atoms with Crippen LogP contribution in [0.5, 0.6) is 0 Å². The van der Waals surface area contributed by atoms with Gasteiger partial charge in [-0.1, -0.05) is 18.2 Å². The number of carbonyl (C=O) groups is 1. The molecule has 2 aromatic rings. The molecule has 1 atom stereocenters. The number of fused-ring (bicyclic) bond motifs is 1. The molecule has 1 N–H and O–H groups in total. The van der Waals surface area contributed by atoms with Crippen LogP contribution in [0.25, 0.3) is 11.0 Å². The Morgan fingerprint density at radius 3 is 2.94 bits per heavy atom. The second kappa shape index (κ2) is 4.58. The molecule has 0 aliphatic heterocycles. The summed E-state index contributed by atoms with van der Waals surface area (Å²) >= 11 is 5.63. The highest BCUT2D eigenvalue weighted by Gasteiger charge is 2.09. The molecule has 2 rings (SSSR count). The predicted octanol–water partition coefficient (Wildman–Crippen LogP) is 2.68. The van der Waals surface area contributed by atoms with E-state index in [2.05, 4.69) is 5.32 Å². The van der Waals surface area contributed by atoms with Gasteiger partial charge in [-0.05, 0) is 19.1 Å². The molecule has 0 saturated carbocycles. The van der Waals surface area contributed by atoms with Crippen LogP contribution in [-0.2, 0) is 11.3 Å². The molecule has 0 saturated heterocycles. The van der Waals surface area contributed by atoms with Gasteiger partial charge in [0.25, 0.3) is 0 Å². The van der Waals surface area contributed by atoms with Crippen LogP contribution in [0.4, 0.5) is 0 Å². The van der Waals surface area contributed by atoms with Gasteiger partial charge in [-0.25, -0.2) is 0 Å². The first-order valence-corrected chi connectivity index (χ1v) is 5.49. The fraction of sp³-hybridized carbons (Fsp3) is 0.250. The second-order valence-electron chi connectivity index (χ2n) is 3.58. The molecule has 0 bridgehead atoms. The third-order valence-corrected chi connectivity index (χ3v) is 2.47. The van der Waals surface area contributed by atoms with E-state index in [1.165, 1.54) is 0 Å². The molecular formula is C12H12ClNO2. The first-order chi connectivity index (χ1) is 7.66. The number of benzene rings is 1. The molecule has 1 heterocycles. The van der Waals surface area contributed by atoms with Gasteiger partial charge in [0, 0.05) is 5.39 Å². The van der Waals surface area contributed by atoms with E-state index in [-0.39, 0.29) is 5.91 Å². The molecule has 16 heavy (non-hydrogen) atoms. The highest BCUT2D eigenvalue weighted by atomic mass is 35.5. The monoisotopic (exact) mass is 237 g/mol. The van der Waals surface area contributed by atoms with E-state index in [0.717, 1.165) is 16.7 Å².